The van der Waals surface area contributed by atoms with Crippen LogP contribution >= 0.6 is 0 Å². The molecule has 0 N–H and O–H groups in total. The van der Waals surface area contributed by atoms with E-state index in [9.17, 15) is 4.39 Å². The van der Waals surface area contributed by atoms with Crippen LogP contribution in [0.5, 0.6) is 0 Å². The van der Waals surface area contributed by atoms with Gasteiger partial charge >= 0.3 is 0 Å². The number of rotatable bonds is 4. The van der Waals surface area contributed by atoms with Gasteiger partial charge in [-0.2, -0.15) is 0 Å². The third-order valence-electron chi connectivity index (χ3n) is 2.79. The summed E-state index contributed by atoms with van der Waals surface area (Å²) in [6.45, 7) is 4.47. The van der Waals surface area contributed by atoms with Crippen LogP contribution in [-0.2, 0) is 12.7 Å². The van der Waals surface area contributed by atoms with Crippen LogP contribution in [-0.4, -0.2) is 13.9 Å². The lowest BCUT2D eigenvalue weighted by Crippen LogP contribution is -2.32. The van der Waals surface area contributed by atoms with Crippen molar-refractivity contribution in [2.75, 3.05) is 6.67 Å². The molecule has 0 aromatic heterocycles. The summed E-state index contributed by atoms with van der Waals surface area (Å²) < 4.78 is 13.9. The smallest absolute Gasteiger partial charge is 0.130 e. The van der Waals surface area contributed by atoms with E-state index in [4.69, 9.17) is 0 Å². The van der Waals surface area contributed by atoms with Gasteiger partial charge in [0.1, 0.15) is 19.8 Å². The summed E-state index contributed by atoms with van der Waals surface area (Å²) >= 11 is 0. The second-order valence-corrected chi connectivity index (χ2v) is 4.01. The average Bonchev–Trinajstić information content (AvgIpc) is 2.73. The zero-order chi connectivity index (χ0) is 11.5. The summed E-state index contributed by atoms with van der Waals surface area (Å²) in [4.78, 5) is 8.65. The van der Waals surface area contributed by atoms with Gasteiger partial charge in [0.25, 0.3) is 0 Å². The highest BCUT2D eigenvalue weighted by Crippen LogP contribution is 2.06. The fourth-order valence-corrected chi connectivity index (χ4v) is 2.10. The van der Waals surface area contributed by atoms with Crippen molar-refractivity contribution in [1.82, 2.24) is 0 Å². The van der Waals surface area contributed by atoms with Gasteiger partial charge in [0.15, 0.2) is 0 Å². The van der Waals surface area contributed by atoms with Gasteiger partial charge < -0.3 is 0 Å². The van der Waals surface area contributed by atoms with Crippen molar-refractivity contribution in [3.8, 4) is 0 Å². The average molecular weight is 217 g/mol. The molecule has 1 heterocycles. The first-order chi connectivity index (χ1) is 7.77. The molecule has 0 saturated carbocycles. The molecule has 0 spiro atoms. The van der Waals surface area contributed by atoms with Crippen molar-refractivity contribution >= 4 is 7.28 Å². The van der Waals surface area contributed by atoms with Crippen LogP contribution in [0.25, 0.3) is 0 Å². The highest BCUT2D eigenvalue weighted by molar-refractivity contribution is 6.32. The fourth-order valence-electron chi connectivity index (χ4n) is 2.10. The van der Waals surface area contributed by atoms with E-state index < -0.39 is 0 Å². The molecular weight excluding hydrogens is 202 g/mol. The molecule has 0 bridgehead atoms. The molecule has 1 radical (unpaired) electrons. The molecule has 1 aromatic rings. The number of aryl methyl sites for hydroxylation is 1. The predicted molar refractivity (Wildman–Crippen MR) is 62.9 cm³/mol. The van der Waals surface area contributed by atoms with Gasteiger partial charge in [-0.25, -0.2) is 4.39 Å². The quantitative estimate of drug-likeness (QED) is 0.678. The van der Waals surface area contributed by atoms with Crippen LogP contribution in [0.15, 0.2) is 16.1 Å². The Bertz CT molecular complexity index is 511. The third-order valence-corrected chi connectivity index (χ3v) is 2.79. The Labute approximate surface area is 95.6 Å². The molecular formula is C12H15BFN2. The minimum absolute atomic E-state index is 0.138. The number of halogens is 1. The van der Waals surface area contributed by atoms with Crippen LogP contribution in [0.4, 0.5) is 4.39 Å². The molecule has 0 saturated heterocycles. The van der Waals surface area contributed by atoms with Crippen LogP contribution in [0, 0.1) is 5.82 Å². The molecule has 0 unspecified atom stereocenters. The van der Waals surface area contributed by atoms with Crippen LogP contribution < -0.4 is 10.7 Å². The largest absolute Gasteiger partial charge is 0.259 e. The normalized spacial score (nSPS) is 12.9. The van der Waals surface area contributed by atoms with Crippen molar-refractivity contribution in [1.29, 1.82) is 0 Å². The highest BCUT2D eigenvalue weighted by Gasteiger charge is 2.12. The Morgan fingerprint density at radius 2 is 2.12 bits per heavy atom. The summed E-state index contributed by atoms with van der Waals surface area (Å²) in [5.74, 6) is -0.138. The van der Waals surface area contributed by atoms with E-state index in [1.165, 1.54) is 0 Å². The fraction of sp³-hybridized carbons (Fsp3) is 0.500. The third kappa shape index (κ3) is 1.88. The minimum Gasteiger partial charge on any atom is -0.259 e. The first-order valence-corrected chi connectivity index (χ1v) is 5.75. The van der Waals surface area contributed by atoms with E-state index in [0.717, 1.165) is 29.1 Å². The zero-order valence-electron chi connectivity index (χ0n) is 9.76. The number of hydrogen-bond acceptors (Lipinski definition) is 2. The van der Waals surface area contributed by atoms with Gasteiger partial charge in [-0.15, -0.1) is 0 Å². The molecule has 83 valence electrons. The van der Waals surface area contributed by atoms with Gasteiger partial charge in [-0.1, -0.05) is 26.5 Å². The van der Waals surface area contributed by atoms with E-state index in [-0.39, 0.29) is 5.82 Å². The van der Waals surface area contributed by atoms with Gasteiger partial charge in [0, 0.05) is 5.56 Å². The number of nitrogens with zero attached hydrogens (tertiary/aromatic N) is 2. The molecule has 16 heavy (non-hydrogen) atoms. The van der Waals surface area contributed by atoms with E-state index in [2.05, 4.69) is 16.9 Å². The van der Waals surface area contributed by atoms with Crippen molar-refractivity contribution in [2.45, 2.75) is 32.9 Å². The molecule has 1 aromatic carbocycles. The van der Waals surface area contributed by atoms with E-state index in [1.54, 1.807) is 6.07 Å². The summed E-state index contributed by atoms with van der Waals surface area (Å²) in [5, 5.41) is 1.70. The topological polar surface area (TPSA) is 24.7 Å². The van der Waals surface area contributed by atoms with Crippen molar-refractivity contribution in [3.63, 3.8) is 0 Å². The standard InChI is InChI=1S/C12H15BFN2/c1-3-4-8-5-10(14)9(6-13-2)12-11(8)15-7-16-12/h5H,3-4,6-7H2,1-2H3. The maximum atomic E-state index is 13.9. The molecule has 1 aliphatic heterocycles. The SMILES string of the molecule is C[B]Cc1c(F)cc(CCC)c2c1=NCN=2. The number of hydrogen-bond donors (Lipinski definition) is 0. The molecule has 0 fully saturated rings. The number of benzene rings is 1. The Kier molecular flexibility index (Phi) is 3.37. The second kappa shape index (κ2) is 4.77. The second-order valence-electron chi connectivity index (χ2n) is 4.01. The lowest BCUT2D eigenvalue weighted by atomic mass is 9.74. The van der Waals surface area contributed by atoms with Crippen LogP contribution in [0.1, 0.15) is 24.5 Å². The zero-order valence-corrected chi connectivity index (χ0v) is 9.76. The lowest BCUT2D eigenvalue weighted by molar-refractivity contribution is 0.609. The molecule has 2 rings (SSSR count). The molecule has 0 aliphatic carbocycles. The first kappa shape index (κ1) is 11.3. The molecule has 0 atom stereocenters. The maximum Gasteiger partial charge on any atom is 0.130 e. The highest BCUT2D eigenvalue weighted by atomic mass is 19.1. The molecule has 1 aliphatic rings. The van der Waals surface area contributed by atoms with Gasteiger partial charge in [0.2, 0.25) is 0 Å². The Hall–Kier alpha value is -1.19. The van der Waals surface area contributed by atoms with Crippen LogP contribution in [0.2, 0.25) is 6.82 Å². The lowest BCUT2D eigenvalue weighted by Gasteiger charge is -2.05. The van der Waals surface area contributed by atoms with Gasteiger partial charge in [-0.3, -0.25) is 9.98 Å². The first-order valence-electron chi connectivity index (χ1n) is 5.75. The molecule has 0 amide bonds. The van der Waals surface area contributed by atoms with Gasteiger partial charge in [-0.05, 0) is 18.1 Å². The van der Waals surface area contributed by atoms with Crippen molar-refractivity contribution in [2.24, 2.45) is 9.98 Å². The van der Waals surface area contributed by atoms with Gasteiger partial charge in [0.05, 0.1) is 10.7 Å². The van der Waals surface area contributed by atoms with E-state index >= 15 is 0 Å². The monoisotopic (exact) mass is 217 g/mol. The number of fused-ring (bicyclic) bond motifs is 1. The Morgan fingerprint density at radius 3 is 2.81 bits per heavy atom. The Morgan fingerprint density at radius 1 is 1.38 bits per heavy atom. The minimum atomic E-state index is -0.138. The summed E-state index contributed by atoms with van der Waals surface area (Å²) in [5.41, 5.74) is 1.69. The Balaban J connectivity index is 2.62. The van der Waals surface area contributed by atoms with Crippen molar-refractivity contribution < 1.29 is 4.39 Å². The summed E-state index contributed by atoms with van der Waals surface area (Å²) in [7, 11) is 1.95. The van der Waals surface area contributed by atoms with Crippen molar-refractivity contribution in [3.05, 3.63) is 33.7 Å². The summed E-state index contributed by atoms with van der Waals surface area (Å²) in [6.07, 6.45) is 2.49. The molecule has 2 nitrogen and oxygen atoms in total. The summed E-state index contributed by atoms with van der Waals surface area (Å²) in [6, 6.07) is 1.63. The maximum absolute atomic E-state index is 13.9. The van der Waals surface area contributed by atoms with E-state index in [0.29, 0.717) is 18.6 Å². The predicted octanol–water partition coefficient (Wildman–Crippen LogP) is 1.24. The van der Waals surface area contributed by atoms with Crippen LogP contribution in [0.3, 0.4) is 0 Å². The van der Waals surface area contributed by atoms with E-state index in [1.807, 2.05) is 14.1 Å². The molecule has 4 heteroatoms.